The van der Waals surface area contributed by atoms with E-state index in [4.69, 9.17) is 11.6 Å². The number of carbonyl (C=O) groups is 2. The fourth-order valence-electron chi connectivity index (χ4n) is 3.46. The van der Waals surface area contributed by atoms with Crippen LogP contribution in [0.4, 0.5) is 0 Å². The van der Waals surface area contributed by atoms with E-state index < -0.39 is 0 Å². The van der Waals surface area contributed by atoms with E-state index in [9.17, 15) is 9.59 Å². The van der Waals surface area contributed by atoms with Gasteiger partial charge in [-0.05, 0) is 43.2 Å². The molecule has 0 atom stereocenters. The summed E-state index contributed by atoms with van der Waals surface area (Å²) in [6, 6.07) is 3.30. The van der Waals surface area contributed by atoms with Gasteiger partial charge in [0, 0.05) is 18.5 Å². The maximum Gasteiger partial charge on any atom is 0.253 e. The van der Waals surface area contributed by atoms with Gasteiger partial charge in [0.2, 0.25) is 5.91 Å². The summed E-state index contributed by atoms with van der Waals surface area (Å²) < 4.78 is 0. The Labute approximate surface area is 144 Å². The van der Waals surface area contributed by atoms with Crippen molar-refractivity contribution >= 4 is 34.3 Å². The average molecular weight is 347 g/mol. The molecule has 2 N–H and O–H groups in total. The van der Waals surface area contributed by atoms with Gasteiger partial charge in [0.1, 0.15) is 0 Å². The summed E-state index contributed by atoms with van der Waals surface area (Å²) in [5.74, 6) is -0.321. The first-order valence-corrected chi connectivity index (χ1v) is 8.63. The minimum atomic E-state index is -0.301. The molecule has 2 aliphatic rings. The minimum absolute atomic E-state index is 0.0179. The third-order valence-electron chi connectivity index (χ3n) is 5.34. The first-order valence-electron chi connectivity index (χ1n) is 8.26. The molecule has 2 amide bonds. The summed E-state index contributed by atoms with van der Waals surface area (Å²) in [7, 11) is 0. The highest BCUT2D eigenvalue weighted by atomic mass is 35.5. The summed E-state index contributed by atoms with van der Waals surface area (Å²) in [5, 5.41) is 10.7. The molecule has 0 unspecified atom stereocenters. The van der Waals surface area contributed by atoms with Crippen molar-refractivity contribution < 1.29 is 9.59 Å². The first-order chi connectivity index (χ1) is 11.6. The Morgan fingerprint density at radius 3 is 2.71 bits per heavy atom. The molecule has 1 saturated carbocycles. The topological polar surface area (TPSA) is 78.1 Å². The van der Waals surface area contributed by atoms with Crippen molar-refractivity contribution in [2.45, 2.75) is 25.7 Å². The van der Waals surface area contributed by atoms with Crippen LogP contribution in [0.5, 0.6) is 0 Å². The van der Waals surface area contributed by atoms with Gasteiger partial charge in [-0.1, -0.05) is 11.6 Å². The molecule has 1 saturated heterocycles. The fraction of sp³-hybridized carbons (Fsp3) is 0.471. The number of carbonyl (C=O) groups excluding carboxylic acids is 2. The molecule has 24 heavy (non-hydrogen) atoms. The molecule has 1 aromatic heterocycles. The first kappa shape index (κ1) is 15.4. The van der Waals surface area contributed by atoms with Crippen LogP contribution in [0.2, 0.25) is 5.02 Å². The highest BCUT2D eigenvalue weighted by Gasteiger charge is 2.44. The Morgan fingerprint density at radius 2 is 2.00 bits per heavy atom. The Kier molecular flexibility index (Phi) is 3.72. The van der Waals surface area contributed by atoms with Crippen molar-refractivity contribution in [3.63, 3.8) is 0 Å². The molecular formula is C17H19ClN4O2. The van der Waals surface area contributed by atoms with Crippen molar-refractivity contribution in [1.82, 2.24) is 20.4 Å². The molecular weight excluding hydrogens is 328 g/mol. The number of likely N-dealkylation sites (tertiary alicyclic amines) is 1. The minimum Gasteiger partial charge on any atom is -0.343 e. The van der Waals surface area contributed by atoms with Gasteiger partial charge in [-0.15, -0.1) is 0 Å². The van der Waals surface area contributed by atoms with Crippen molar-refractivity contribution in [3.05, 3.63) is 28.9 Å². The molecule has 126 valence electrons. The Balaban J connectivity index is 1.38. The van der Waals surface area contributed by atoms with Gasteiger partial charge in [0.05, 0.1) is 28.8 Å². The highest BCUT2D eigenvalue weighted by molar-refractivity contribution is 6.36. The molecule has 1 aliphatic carbocycles. The quantitative estimate of drug-likeness (QED) is 0.895. The molecule has 1 aliphatic heterocycles. The third kappa shape index (κ3) is 2.75. The number of fused-ring (bicyclic) bond motifs is 1. The zero-order chi connectivity index (χ0) is 16.7. The van der Waals surface area contributed by atoms with Crippen LogP contribution in [-0.4, -0.2) is 46.5 Å². The van der Waals surface area contributed by atoms with Crippen molar-refractivity contribution in [2.24, 2.45) is 5.41 Å². The molecule has 2 fully saturated rings. The number of hydrogen-bond donors (Lipinski definition) is 2. The summed E-state index contributed by atoms with van der Waals surface area (Å²) in [4.78, 5) is 26.6. The SMILES string of the molecule is O=C(NCC(=O)N1CCC2(CC1)CC2)c1ccc(Cl)c2cn[nH]c12. The lowest BCUT2D eigenvalue weighted by Gasteiger charge is -2.32. The Morgan fingerprint density at radius 1 is 1.25 bits per heavy atom. The van der Waals surface area contributed by atoms with Crippen LogP contribution >= 0.6 is 11.6 Å². The fourth-order valence-corrected chi connectivity index (χ4v) is 3.67. The van der Waals surface area contributed by atoms with Gasteiger partial charge in [-0.25, -0.2) is 0 Å². The van der Waals surface area contributed by atoms with Crippen molar-refractivity contribution in [1.29, 1.82) is 0 Å². The summed E-state index contributed by atoms with van der Waals surface area (Å²) >= 11 is 6.08. The molecule has 1 spiro atoms. The number of amides is 2. The molecule has 2 heterocycles. The van der Waals surface area contributed by atoms with Crippen LogP contribution in [0, 0.1) is 5.41 Å². The van der Waals surface area contributed by atoms with E-state index in [1.807, 2.05) is 4.90 Å². The number of nitrogens with zero attached hydrogens (tertiary/aromatic N) is 2. The second kappa shape index (κ2) is 5.77. The normalized spacial score (nSPS) is 18.8. The summed E-state index contributed by atoms with van der Waals surface area (Å²) in [6.07, 6.45) is 6.39. The van der Waals surface area contributed by atoms with Crippen LogP contribution in [0.15, 0.2) is 18.3 Å². The summed E-state index contributed by atoms with van der Waals surface area (Å²) in [6.45, 7) is 1.63. The second-order valence-corrected chi connectivity index (χ2v) is 7.22. The summed E-state index contributed by atoms with van der Waals surface area (Å²) in [5.41, 5.74) is 1.56. The maximum absolute atomic E-state index is 12.4. The highest BCUT2D eigenvalue weighted by Crippen LogP contribution is 2.53. The second-order valence-electron chi connectivity index (χ2n) is 6.82. The number of nitrogens with one attached hydrogen (secondary N) is 2. The lowest BCUT2D eigenvalue weighted by atomic mass is 9.94. The molecule has 2 aromatic rings. The molecule has 4 rings (SSSR count). The predicted molar refractivity (Wildman–Crippen MR) is 90.9 cm³/mol. The molecule has 7 heteroatoms. The smallest absolute Gasteiger partial charge is 0.253 e. The van der Waals surface area contributed by atoms with Crippen LogP contribution in [0.1, 0.15) is 36.0 Å². The number of halogens is 1. The number of benzene rings is 1. The molecule has 6 nitrogen and oxygen atoms in total. The maximum atomic E-state index is 12.4. The van der Waals surface area contributed by atoms with Gasteiger partial charge < -0.3 is 10.2 Å². The lowest BCUT2D eigenvalue weighted by Crippen LogP contribution is -2.44. The lowest BCUT2D eigenvalue weighted by molar-refractivity contribution is -0.131. The van der Waals surface area contributed by atoms with Crippen LogP contribution < -0.4 is 5.32 Å². The van der Waals surface area contributed by atoms with E-state index in [0.717, 1.165) is 25.9 Å². The van der Waals surface area contributed by atoms with Gasteiger partial charge >= 0.3 is 0 Å². The monoisotopic (exact) mass is 346 g/mol. The van der Waals surface area contributed by atoms with Crippen molar-refractivity contribution in [2.75, 3.05) is 19.6 Å². The van der Waals surface area contributed by atoms with Gasteiger partial charge in [-0.2, -0.15) is 5.10 Å². The van der Waals surface area contributed by atoms with Crippen LogP contribution in [0.25, 0.3) is 10.9 Å². The van der Waals surface area contributed by atoms with Crippen LogP contribution in [-0.2, 0) is 4.79 Å². The van der Waals surface area contributed by atoms with Crippen molar-refractivity contribution in [3.8, 4) is 0 Å². The number of hydrogen-bond acceptors (Lipinski definition) is 3. The third-order valence-corrected chi connectivity index (χ3v) is 5.67. The number of aromatic amines is 1. The van der Waals surface area contributed by atoms with Gasteiger partial charge in [0.25, 0.3) is 5.91 Å². The van der Waals surface area contributed by atoms with Crippen LogP contribution in [0.3, 0.4) is 0 Å². The zero-order valence-electron chi connectivity index (χ0n) is 13.3. The Hall–Kier alpha value is -2.08. The van der Waals surface area contributed by atoms with E-state index in [2.05, 4.69) is 15.5 Å². The molecule has 0 bridgehead atoms. The number of piperidine rings is 1. The number of aromatic nitrogens is 2. The largest absolute Gasteiger partial charge is 0.343 e. The number of rotatable bonds is 3. The van der Waals surface area contributed by atoms with E-state index in [0.29, 0.717) is 26.9 Å². The van der Waals surface area contributed by atoms with E-state index in [-0.39, 0.29) is 18.4 Å². The molecule has 0 radical (unpaired) electrons. The zero-order valence-corrected chi connectivity index (χ0v) is 14.0. The average Bonchev–Trinajstić information content (AvgIpc) is 3.14. The Bertz CT molecular complexity index is 802. The van der Waals surface area contributed by atoms with E-state index in [1.54, 1.807) is 18.3 Å². The van der Waals surface area contributed by atoms with E-state index >= 15 is 0 Å². The molecule has 1 aromatic carbocycles. The van der Waals surface area contributed by atoms with Gasteiger partial charge in [0.15, 0.2) is 0 Å². The predicted octanol–water partition coefficient (Wildman–Crippen LogP) is 2.35. The number of H-pyrrole nitrogens is 1. The van der Waals surface area contributed by atoms with E-state index in [1.165, 1.54) is 12.8 Å². The standard InChI is InChI=1S/C17H19ClN4O2/c18-13-2-1-11(15-12(13)9-20-21-15)16(24)19-10-14(23)22-7-5-17(3-4-17)6-8-22/h1-2,9H,3-8,10H2,(H,19,24)(H,20,21). The van der Waals surface area contributed by atoms with Gasteiger partial charge in [-0.3, -0.25) is 14.7 Å².